The van der Waals surface area contributed by atoms with Crippen molar-refractivity contribution in [3.8, 4) is 0 Å². The fourth-order valence-electron chi connectivity index (χ4n) is 0.976. The van der Waals surface area contributed by atoms with Gasteiger partial charge in [0.25, 0.3) is 0 Å². The summed E-state index contributed by atoms with van der Waals surface area (Å²) >= 11 is 11.0. The summed E-state index contributed by atoms with van der Waals surface area (Å²) in [6, 6.07) is 7.71. The summed E-state index contributed by atoms with van der Waals surface area (Å²) in [7, 11) is 0. The lowest BCUT2D eigenvalue weighted by Crippen LogP contribution is -1.76. The van der Waals surface area contributed by atoms with E-state index >= 15 is 0 Å². The van der Waals surface area contributed by atoms with Crippen molar-refractivity contribution in [3.63, 3.8) is 0 Å². The van der Waals surface area contributed by atoms with Crippen molar-refractivity contribution in [1.29, 1.82) is 0 Å². The molecule has 72 valence electrons. The maximum absolute atomic E-state index is 6.06. The number of hydrogen-bond acceptors (Lipinski definition) is 2. The topological polar surface area (TPSA) is 28.7 Å². The highest BCUT2D eigenvalue weighted by atomic mass is 79.9. The summed E-state index contributed by atoms with van der Waals surface area (Å²) in [6.45, 7) is 0. The molecule has 0 amide bonds. The molecule has 0 fully saturated rings. The molecule has 0 radical (unpaired) electrons. The molecule has 2 nitrogen and oxygen atoms in total. The van der Waals surface area contributed by atoms with E-state index in [0.29, 0.717) is 0 Å². The lowest BCUT2D eigenvalue weighted by molar-refractivity contribution is 1.00. The van der Waals surface area contributed by atoms with Crippen LogP contribution in [0.5, 0.6) is 0 Å². The second-order valence-corrected chi connectivity index (χ2v) is 5.00. The van der Waals surface area contributed by atoms with Crippen molar-refractivity contribution in [3.05, 3.63) is 40.0 Å². The van der Waals surface area contributed by atoms with Crippen LogP contribution in [0, 0.1) is 0 Å². The van der Waals surface area contributed by atoms with Crippen LogP contribution in [0.15, 0.2) is 44.9 Å². The summed E-state index contributed by atoms with van der Waals surface area (Å²) in [5.74, 6) is 0. The van der Waals surface area contributed by atoms with Crippen molar-refractivity contribution < 1.29 is 0 Å². The quantitative estimate of drug-likeness (QED) is 0.906. The minimum Gasteiger partial charge on any atom is -0.272 e. The van der Waals surface area contributed by atoms with Gasteiger partial charge in [0, 0.05) is 15.6 Å². The Balaban J connectivity index is 2.25. The van der Waals surface area contributed by atoms with E-state index in [9.17, 15) is 0 Å². The number of nitrogens with one attached hydrogen (secondary N) is 1. The van der Waals surface area contributed by atoms with Crippen molar-refractivity contribution in [2.45, 2.75) is 9.92 Å². The van der Waals surface area contributed by atoms with Crippen LogP contribution in [0.1, 0.15) is 0 Å². The van der Waals surface area contributed by atoms with Gasteiger partial charge in [-0.3, -0.25) is 5.10 Å². The fraction of sp³-hybridized carbons (Fsp3) is 0. The van der Waals surface area contributed by atoms with Crippen molar-refractivity contribution >= 4 is 39.3 Å². The van der Waals surface area contributed by atoms with Gasteiger partial charge in [-0.05, 0) is 24.3 Å². The number of hydrogen-bond donors (Lipinski definition) is 1. The maximum atomic E-state index is 6.06. The number of aromatic amines is 1. The summed E-state index contributed by atoms with van der Waals surface area (Å²) < 4.78 is 0.983. The molecule has 0 spiro atoms. The largest absolute Gasteiger partial charge is 0.272 e. The minimum atomic E-state index is 0.735. The zero-order valence-corrected chi connectivity index (χ0v) is 10.2. The van der Waals surface area contributed by atoms with E-state index in [-0.39, 0.29) is 0 Å². The molecular weight excluding hydrogens is 284 g/mol. The Morgan fingerprint density at radius 2 is 2.21 bits per heavy atom. The third kappa shape index (κ3) is 2.32. The molecule has 0 aliphatic heterocycles. The first-order valence-electron chi connectivity index (χ1n) is 3.88. The molecule has 0 atom stereocenters. The van der Waals surface area contributed by atoms with Crippen molar-refractivity contribution in [1.82, 2.24) is 10.2 Å². The summed E-state index contributed by atoms with van der Waals surface area (Å²) in [5.41, 5.74) is 0. The van der Waals surface area contributed by atoms with Crippen LogP contribution in [0.3, 0.4) is 0 Å². The molecule has 0 saturated carbocycles. The summed E-state index contributed by atoms with van der Waals surface area (Å²) in [6.07, 6.45) is 1.72. The molecule has 1 heterocycles. The monoisotopic (exact) mass is 288 g/mol. The van der Waals surface area contributed by atoms with Gasteiger partial charge < -0.3 is 0 Å². The van der Waals surface area contributed by atoms with Crippen LogP contribution >= 0.6 is 39.3 Å². The third-order valence-electron chi connectivity index (χ3n) is 1.59. The van der Waals surface area contributed by atoms with E-state index in [1.165, 1.54) is 0 Å². The van der Waals surface area contributed by atoms with Gasteiger partial charge in [-0.2, -0.15) is 5.10 Å². The molecule has 1 aromatic carbocycles. The number of halogens is 2. The lowest BCUT2D eigenvalue weighted by atomic mass is 10.4. The summed E-state index contributed by atoms with van der Waals surface area (Å²) in [4.78, 5) is 1.01. The Bertz CT molecular complexity index is 430. The van der Waals surface area contributed by atoms with Gasteiger partial charge in [0.2, 0.25) is 0 Å². The van der Waals surface area contributed by atoms with E-state index in [2.05, 4.69) is 26.1 Å². The standard InChI is InChI=1S/C9H6BrClN2S/c10-6-1-2-8(7(11)5-6)14-9-3-4-12-13-9/h1-5H,(H,12,13). The fourth-order valence-corrected chi connectivity index (χ4v) is 2.52. The van der Waals surface area contributed by atoms with Gasteiger partial charge >= 0.3 is 0 Å². The average Bonchev–Trinajstić information content (AvgIpc) is 2.62. The van der Waals surface area contributed by atoms with Gasteiger partial charge in [0.15, 0.2) is 0 Å². The molecule has 2 aromatic rings. The third-order valence-corrected chi connectivity index (χ3v) is 3.53. The molecule has 2 rings (SSSR count). The highest BCUT2D eigenvalue weighted by Gasteiger charge is 2.03. The first-order chi connectivity index (χ1) is 6.75. The van der Waals surface area contributed by atoms with E-state index in [4.69, 9.17) is 11.6 Å². The number of H-pyrrole nitrogens is 1. The van der Waals surface area contributed by atoms with Crippen molar-refractivity contribution in [2.24, 2.45) is 0 Å². The molecule has 1 aromatic heterocycles. The molecular formula is C9H6BrClN2S. The zero-order chi connectivity index (χ0) is 9.97. The molecule has 0 aliphatic carbocycles. The minimum absolute atomic E-state index is 0.735. The number of benzene rings is 1. The van der Waals surface area contributed by atoms with Gasteiger partial charge in [-0.15, -0.1) is 0 Å². The Hall–Kier alpha value is -0.450. The second kappa shape index (κ2) is 4.38. The SMILES string of the molecule is Clc1cc(Br)ccc1Sc1ccn[nH]1. The Kier molecular flexibility index (Phi) is 3.15. The van der Waals surface area contributed by atoms with Crippen molar-refractivity contribution in [2.75, 3.05) is 0 Å². The number of aromatic nitrogens is 2. The number of rotatable bonds is 2. The van der Waals surface area contributed by atoms with Gasteiger partial charge in [-0.25, -0.2) is 0 Å². The lowest BCUT2D eigenvalue weighted by Gasteiger charge is -2.01. The smallest absolute Gasteiger partial charge is 0.0955 e. The molecule has 0 aliphatic rings. The Labute approximate surface area is 99.2 Å². The van der Waals surface area contributed by atoms with E-state index < -0.39 is 0 Å². The average molecular weight is 290 g/mol. The first-order valence-corrected chi connectivity index (χ1v) is 5.87. The van der Waals surface area contributed by atoms with Crippen LogP contribution in [0.25, 0.3) is 0 Å². The molecule has 0 bridgehead atoms. The van der Waals surface area contributed by atoms with Crippen LogP contribution < -0.4 is 0 Å². The highest BCUT2D eigenvalue weighted by Crippen LogP contribution is 2.33. The highest BCUT2D eigenvalue weighted by molar-refractivity contribution is 9.10. The molecule has 0 saturated heterocycles. The van der Waals surface area contributed by atoms with Crippen LogP contribution in [-0.2, 0) is 0 Å². The van der Waals surface area contributed by atoms with E-state index in [1.54, 1.807) is 18.0 Å². The first kappa shape index (κ1) is 10.1. The zero-order valence-electron chi connectivity index (χ0n) is 7.00. The molecule has 0 unspecified atom stereocenters. The van der Waals surface area contributed by atoms with Gasteiger partial charge in [-0.1, -0.05) is 39.3 Å². The number of nitrogens with zero attached hydrogens (tertiary/aromatic N) is 1. The van der Waals surface area contributed by atoms with E-state index in [1.807, 2.05) is 24.3 Å². The van der Waals surface area contributed by atoms with Crippen LogP contribution in [0.4, 0.5) is 0 Å². The molecule has 14 heavy (non-hydrogen) atoms. The normalized spacial score (nSPS) is 10.4. The Morgan fingerprint density at radius 3 is 2.86 bits per heavy atom. The second-order valence-electron chi connectivity index (χ2n) is 2.60. The van der Waals surface area contributed by atoms with E-state index in [0.717, 1.165) is 19.4 Å². The Morgan fingerprint density at radius 1 is 1.36 bits per heavy atom. The van der Waals surface area contributed by atoms with Gasteiger partial charge in [0.1, 0.15) is 0 Å². The van der Waals surface area contributed by atoms with Crippen LogP contribution in [0.2, 0.25) is 5.02 Å². The maximum Gasteiger partial charge on any atom is 0.0955 e. The molecule has 5 heteroatoms. The van der Waals surface area contributed by atoms with Gasteiger partial charge in [0.05, 0.1) is 10.0 Å². The predicted octanol–water partition coefficient (Wildman–Crippen LogP) is 3.98. The molecule has 1 N–H and O–H groups in total. The predicted molar refractivity (Wildman–Crippen MR) is 61.9 cm³/mol. The van der Waals surface area contributed by atoms with Crippen LogP contribution in [-0.4, -0.2) is 10.2 Å². The summed E-state index contributed by atoms with van der Waals surface area (Å²) in [5, 5.41) is 8.45.